The molecule has 1 aliphatic rings. The van der Waals surface area contributed by atoms with Gasteiger partial charge >= 0.3 is 0 Å². The molecular weight excluding hydrogens is 246 g/mol. The van der Waals surface area contributed by atoms with Gasteiger partial charge in [0.05, 0.1) is 6.61 Å². The number of nitrogens with zero attached hydrogens (tertiary/aromatic N) is 2. The molecule has 0 aliphatic heterocycles. The van der Waals surface area contributed by atoms with E-state index in [0.29, 0.717) is 0 Å². The summed E-state index contributed by atoms with van der Waals surface area (Å²) in [4.78, 5) is 8.09. The molecular formula is C13H23N3OS. The smallest absolute Gasteiger partial charge is 0.185 e. The maximum atomic E-state index is 5.00. The summed E-state index contributed by atoms with van der Waals surface area (Å²) in [6.45, 7) is 3.69. The second-order valence-electron chi connectivity index (χ2n) is 4.96. The average molecular weight is 269 g/mol. The van der Waals surface area contributed by atoms with E-state index in [1.54, 1.807) is 18.4 Å². The van der Waals surface area contributed by atoms with Crippen molar-refractivity contribution in [3.8, 4) is 0 Å². The molecule has 1 aromatic heterocycles. The van der Waals surface area contributed by atoms with Crippen molar-refractivity contribution in [3.63, 3.8) is 0 Å². The molecule has 0 amide bonds. The van der Waals surface area contributed by atoms with E-state index < -0.39 is 0 Å². The van der Waals surface area contributed by atoms with Crippen LogP contribution in [0.5, 0.6) is 0 Å². The quantitative estimate of drug-likeness (QED) is 0.734. The van der Waals surface area contributed by atoms with Gasteiger partial charge in [-0.1, -0.05) is 6.42 Å². The summed E-state index contributed by atoms with van der Waals surface area (Å²) in [5.41, 5.74) is 0. The number of anilines is 1. The third kappa shape index (κ3) is 3.93. The summed E-state index contributed by atoms with van der Waals surface area (Å²) < 4.78 is 5.00. The number of hydrogen-bond donors (Lipinski definition) is 1. The van der Waals surface area contributed by atoms with Gasteiger partial charge in [0.15, 0.2) is 5.13 Å². The van der Waals surface area contributed by atoms with E-state index in [9.17, 15) is 0 Å². The zero-order valence-corrected chi connectivity index (χ0v) is 12.1. The van der Waals surface area contributed by atoms with Crippen LogP contribution in [0, 0.1) is 5.92 Å². The first-order valence-electron chi connectivity index (χ1n) is 6.65. The largest absolute Gasteiger partial charge is 0.383 e. The number of ether oxygens (including phenoxy) is 1. The standard InChI is InChI=1S/C13H23N3OS/c1-16(10-11-4-3-5-11)13-15-9-12(18-13)8-14-6-7-17-2/h9,11,14H,3-8,10H2,1-2H3. The Morgan fingerprint density at radius 2 is 2.39 bits per heavy atom. The second-order valence-corrected chi connectivity index (χ2v) is 6.05. The normalized spacial score (nSPS) is 15.7. The third-order valence-corrected chi connectivity index (χ3v) is 4.52. The molecule has 1 heterocycles. The van der Waals surface area contributed by atoms with Crippen LogP contribution in [0.2, 0.25) is 0 Å². The molecule has 2 rings (SSSR count). The van der Waals surface area contributed by atoms with E-state index in [1.807, 2.05) is 6.20 Å². The Morgan fingerprint density at radius 1 is 1.56 bits per heavy atom. The zero-order valence-electron chi connectivity index (χ0n) is 11.3. The molecule has 0 bridgehead atoms. The van der Waals surface area contributed by atoms with Crippen LogP contribution in [0.4, 0.5) is 5.13 Å². The predicted molar refractivity (Wildman–Crippen MR) is 76.3 cm³/mol. The number of aromatic nitrogens is 1. The minimum Gasteiger partial charge on any atom is -0.383 e. The fourth-order valence-electron chi connectivity index (χ4n) is 2.08. The lowest BCUT2D eigenvalue weighted by atomic mass is 9.85. The van der Waals surface area contributed by atoms with Crippen molar-refractivity contribution in [2.45, 2.75) is 25.8 Å². The summed E-state index contributed by atoms with van der Waals surface area (Å²) in [7, 11) is 3.88. The van der Waals surface area contributed by atoms with Gasteiger partial charge in [-0.05, 0) is 18.8 Å². The van der Waals surface area contributed by atoms with Crippen LogP contribution < -0.4 is 10.2 Å². The number of rotatable bonds is 8. The summed E-state index contributed by atoms with van der Waals surface area (Å²) in [5, 5.41) is 4.49. The second kappa shape index (κ2) is 7.07. The highest BCUT2D eigenvalue weighted by molar-refractivity contribution is 7.15. The van der Waals surface area contributed by atoms with Crippen molar-refractivity contribution < 1.29 is 4.74 Å². The van der Waals surface area contributed by atoms with E-state index in [1.165, 1.54) is 24.1 Å². The van der Waals surface area contributed by atoms with Crippen LogP contribution in [-0.4, -0.2) is 38.8 Å². The highest BCUT2D eigenvalue weighted by Crippen LogP contribution is 2.29. The van der Waals surface area contributed by atoms with Crippen molar-refractivity contribution in [1.82, 2.24) is 10.3 Å². The van der Waals surface area contributed by atoms with Crippen molar-refractivity contribution in [2.24, 2.45) is 5.92 Å². The Balaban J connectivity index is 1.73. The monoisotopic (exact) mass is 269 g/mol. The van der Waals surface area contributed by atoms with Crippen LogP contribution >= 0.6 is 11.3 Å². The number of hydrogen-bond acceptors (Lipinski definition) is 5. The average Bonchev–Trinajstić information content (AvgIpc) is 2.78. The van der Waals surface area contributed by atoms with Crippen LogP contribution in [0.25, 0.3) is 0 Å². The lowest BCUT2D eigenvalue weighted by molar-refractivity contribution is 0.199. The van der Waals surface area contributed by atoms with Gasteiger partial charge in [0.2, 0.25) is 0 Å². The molecule has 0 atom stereocenters. The van der Waals surface area contributed by atoms with Crippen LogP contribution in [0.1, 0.15) is 24.1 Å². The highest BCUT2D eigenvalue weighted by atomic mass is 32.1. The van der Waals surface area contributed by atoms with Gasteiger partial charge in [0.1, 0.15) is 0 Å². The molecule has 0 aromatic carbocycles. The zero-order chi connectivity index (χ0) is 12.8. The molecule has 1 fully saturated rings. The topological polar surface area (TPSA) is 37.4 Å². The Labute approximate surface area is 113 Å². The van der Waals surface area contributed by atoms with E-state index in [-0.39, 0.29) is 0 Å². The molecule has 1 aliphatic carbocycles. The van der Waals surface area contributed by atoms with Crippen molar-refractivity contribution in [3.05, 3.63) is 11.1 Å². The van der Waals surface area contributed by atoms with Gasteiger partial charge in [-0.15, -0.1) is 11.3 Å². The van der Waals surface area contributed by atoms with Crippen LogP contribution in [0.3, 0.4) is 0 Å². The van der Waals surface area contributed by atoms with Gasteiger partial charge in [-0.3, -0.25) is 0 Å². The molecule has 102 valence electrons. The maximum Gasteiger partial charge on any atom is 0.185 e. The first-order chi connectivity index (χ1) is 8.79. The van der Waals surface area contributed by atoms with Crippen molar-refractivity contribution in [1.29, 1.82) is 0 Å². The predicted octanol–water partition coefficient (Wildman–Crippen LogP) is 2.12. The minimum absolute atomic E-state index is 0.757. The van der Waals surface area contributed by atoms with Crippen LogP contribution in [0.15, 0.2) is 6.20 Å². The summed E-state index contributed by atoms with van der Waals surface area (Å²) in [5.74, 6) is 0.891. The number of methoxy groups -OCH3 is 1. The van der Waals surface area contributed by atoms with E-state index in [2.05, 4.69) is 22.2 Å². The minimum atomic E-state index is 0.757. The van der Waals surface area contributed by atoms with Gasteiger partial charge in [-0.25, -0.2) is 4.98 Å². The fraction of sp³-hybridized carbons (Fsp3) is 0.769. The maximum absolute atomic E-state index is 5.00. The molecule has 0 spiro atoms. The van der Waals surface area contributed by atoms with Gasteiger partial charge in [-0.2, -0.15) is 0 Å². The Bertz CT molecular complexity index is 352. The Kier molecular flexibility index (Phi) is 5.41. The Hall–Kier alpha value is -0.650. The van der Waals surface area contributed by atoms with Crippen molar-refractivity contribution >= 4 is 16.5 Å². The van der Waals surface area contributed by atoms with Crippen molar-refractivity contribution in [2.75, 3.05) is 38.8 Å². The third-order valence-electron chi connectivity index (χ3n) is 3.41. The molecule has 0 radical (unpaired) electrons. The molecule has 18 heavy (non-hydrogen) atoms. The first kappa shape index (κ1) is 13.8. The first-order valence-corrected chi connectivity index (χ1v) is 7.46. The van der Waals surface area contributed by atoms with Gasteiger partial charge in [0.25, 0.3) is 0 Å². The molecule has 4 nitrogen and oxygen atoms in total. The SMILES string of the molecule is COCCNCc1cnc(N(C)CC2CCC2)s1. The Morgan fingerprint density at radius 3 is 3.06 bits per heavy atom. The molecule has 0 saturated heterocycles. The summed E-state index contributed by atoms with van der Waals surface area (Å²) >= 11 is 1.79. The number of thiazole rings is 1. The van der Waals surface area contributed by atoms with Gasteiger partial charge < -0.3 is 15.0 Å². The van der Waals surface area contributed by atoms with E-state index >= 15 is 0 Å². The van der Waals surface area contributed by atoms with E-state index in [4.69, 9.17) is 4.74 Å². The molecule has 0 unspecified atom stereocenters. The van der Waals surface area contributed by atoms with Gasteiger partial charge in [0, 0.05) is 44.9 Å². The lowest BCUT2D eigenvalue weighted by Gasteiger charge is -2.29. The fourth-order valence-corrected chi connectivity index (χ4v) is 2.93. The van der Waals surface area contributed by atoms with Crippen LogP contribution in [-0.2, 0) is 11.3 Å². The molecule has 5 heteroatoms. The molecule has 1 saturated carbocycles. The van der Waals surface area contributed by atoms with E-state index in [0.717, 1.165) is 37.3 Å². The molecule has 1 N–H and O–H groups in total. The molecule has 1 aromatic rings. The number of nitrogens with one attached hydrogen (secondary N) is 1. The lowest BCUT2D eigenvalue weighted by Crippen LogP contribution is -2.29. The highest BCUT2D eigenvalue weighted by Gasteiger charge is 2.20. The summed E-state index contributed by atoms with van der Waals surface area (Å²) in [6, 6.07) is 0. The summed E-state index contributed by atoms with van der Waals surface area (Å²) in [6.07, 6.45) is 6.17.